The molecule has 0 unspecified atom stereocenters. The maximum absolute atomic E-state index is 12.3. The van der Waals surface area contributed by atoms with Crippen LogP contribution in [0.4, 0.5) is 5.69 Å². The van der Waals surface area contributed by atoms with Crippen LogP contribution in [0.25, 0.3) is 11.3 Å². The van der Waals surface area contributed by atoms with Gasteiger partial charge < -0.3 is 19.2 Å². The highest BCUT2D eigenvalue weighted by atomic mass is 16.4. The fourth-order valence-electron chi connectivity index (χ4n) is 3.37. The third kappa shape index (κ3) is 4.41. The van der Waals surface area contributed by atoms with Crippen LogP contribution in [0.15, 0.2) is 70.2 Å². The molecule has 152 valence electrons. The number of hydrogen-bond acceptors (Lipinski definition) is 6. The Morgan fingerprint density at radius 1 is 0.933 bits per heavy atom. The highest BCUT2D eigenvalue weighted by Crippen LogP contribution is 2.22. The first-order chi connectivity index (χ1) is 14.6. The Labute approximate surface area is 173 Å². The number of aromatic carboxylic acids is 1. The van der Waals surface area contributed by atoms with Crippen molar-refractivity contribution in [1.82, 2.24) is 5.43 Å². The van der Waals surface area contributed by atoms with Gasteiger partial charge in [-0.3, -0.25) is 4.79 Å². The molecule has 0 spiro atoms. The summed E-state index contributed by atoms with van der Waals surface area (Å²) in [6, 6.07) is 17.1. The van der Waals surface area contributed by atoms with Crippen LogP contribution < -0.4 is 15.4 Å². The molecular formula is C23H20N3O4-. The average Bonchev–Trinajstić information content (AvgIpc) is 3.46. The minimum absolute atomic E-state index is 0.100. The van der Waals surface area contributed by atoms with E-state index in [9.17, 15) is 14.7 Å². The second kappa shape index (κ2) is 8.65. The van der Waals surface area contributed by atoms with Crippen LogP contribution in [-0.2, 0) is 0 Å². The van der Waals surface area contributed by atoms with E-state index in [1.165, 1.54) is 31.2 Å². The molecule has 30 heavy (non-hydrogen) atoms. The van der Waals surface area contributed by atoms with E-state index in [0.29, 0.717) is 17.1 Å². The number of rotatable bonds is 6. The molecule has 4 rings (SSSR count). The molecule has 0 aliphatic carbocycles. The third-order valence-electron chi connectivity index (χ3n) is 4.99. The maximum atomic E-state index is 12.3. The lowest BCUT2D eigenvalue weighted by molar-refractivity contribution is -0.255. The second-order valence-electron chi connectivity index (χ2n) is 7.01. The molecule has 1 saturated heterocycles. The first kappa shape index (κ1) is 19.4. The molecule has 1 aliphatic rings. The van der Waals surface area contributed by atoms with Crippen molar-refractivity contribution in [3.8, 4) is 11.3 Å². The summed E-state index contributed by atoms with van der Waals surface area (Å²) in [4.78, 5) is 25.4. The molecule has 1 aromatic heterocycles. The summed E-state index contributed by atoms with van der Waals surface area (Å²) in [5, 5.41) is 14.8. The highest BCUT2D eigenvalue weighted by Gasteiger charge is 2.13. The minimum atomic E-state index is -1.23. The summed E-state index contributed by atoms with van der Waals surface area (Å²) in [7, 11) is 0. The van der Waals surface area contributed by atoms with E-state index in [1.54, 1.807) is 36.4 Å². The molecule has 1 aliphatic heterocycles. The highest BCUT2D eigenvalue weighted by molar-refractivity contribution is 5.95. The number of carbonyl (C=O) groups is 2. The standard InChI is InChI=1S/C23H21N3O4/c27-22(17-7-9-19(10-8-17)26-13-1-2-14-26)25-24-15-20-11-12-21(30-20)16-3-5-18(6-4-16)23(28)29/h3-12,15H,1-2,13-14H2,(H,25,27)(H,28,29)/p-1/b24-15-. The summed E-state index contributed by atoms with van der Waals surface area (Å²) in [5.74, 6) is -0.511. The molecule has 1 N–H and O–H groups in total. The Morgan fingerprint density at radius 2 is 1.60 bits per heavy atom. The number of nitrogens with zero attached hydrogens (tertiary/aromatic N) is 2. The number of carboxylic acid groups (broad SMARTS) is 1. The summed E-state index contributed by atoms with van der Waals surface area (Å²) in [6.45, 7) is 2.11. The Kier molecular flexibility index (Phi) is 5.61. The van der Waals surface area contributed by atoms with Gasteiger partial charge in [0.25, 0.3) is 5.91 Å². The van der Waals surface area contributed by atoms with Crippen molar-refractivity contribution >= 4 is 23.8 Å². The van der Waals surface area contributed by atoms with E-state index in [4.69, 9.17) is 4.42 Å². The van der Waals surface area contributed by atoms with Crippen LogP contribution >= 0.6 is 0 Å². The van der Waals surface area contributed by atoms with Crippen molar-refractivity contribution in [1.29, 1.82) is 0 Å². The summed E-state index contributed by atoms with van der Waals surface area (Å²) >= 11 is 0. The van der Waals surface area contributed by atoms with Crippen molar-refractivity contribution in [3.63, 3.8) is 0 Å². The topological polar surface area (TPSA) is 98.0 Å². The molecule has 0 atom stereocenters. The fraction of sp³-hybridized carbons (Fsp3) is 0.174. The Morgan fingerprint density at radius 3 is 2.27 bits per heavy atom. The van der Waals surface area contributed by atoms with Crippen molar-refractivity contribution < 1.29 is 19.1 Å². The number of amides is 1. The number of nitrogens with one attached hydrogen (secondary N) is 1. The van der Waals surface area contributed by atoms with Gasteiger partial charge in [-0.15, -0.1) is 0 Å². The number of hydrazone groups is 1. The third-order valence-corrected chi connectivity index (χ3v) is 4.99. The van der Waals surface area contributed by atoms with Crippen LogP contribution in [0.5, 0.6) is 0 Å². The normalized spacial score (nSPS) is 13.7. The summed E-state index contributed by atoms with van der Waals surface area (Å²) in [5.41, 5.74) is 4.97. The lowest BCUT2D eigenvalue weighted by atomic mass is 10.1. The van der Waals surface area contributed by atoms with Crippen molar-refractivity contribution in [3.05, 3.63) is 77.6 Å². The van der Waals surface area contributed by atoms with Gasteiger partial charge in [-0.25, -0.2) is 5.43 Å². The van der Waals surface area contributed by atoms with E-state index in [1.807, 2.05) is 12.1 Å². The first-order valence-corrected chi connectivity index (χ1v) is 9.70. The maximum Gasteiger partial charge on any atom is 0.271 e. The van der Waals surface area contributed by atoms with Gasteiger partial charge in [0, 0.05) is 29.9 Å². The lowest BCUT2D eigenvalue weighted by Gasteiger charge is -2.17. The molecule has 1 fully saturated rings. The van der Waals surface area contributed by atoms with Gasteiger partial charge in [0.1, 0.15) is 11.5 Å². The second-order valence-corrected chi connectivity index (χ2v) is 7.01. The van der Waals surface area contributed by atoms with E-state index in [2.05, 4.69) is 15.4 Å². The van der Waals surface area contributed by atoms with Crippen LogP contribution in [0.2, 0.25) is 0 Å². The fourth-order valence-corrected chi connectivity index (χ4v) is 3.37. The number of benzene rings is 2. The molecule has 2 aromatic carbocycles. The van der Waals surface area contributed by atoms with Crippen molar-refractivity contribution in [2.75, 3.05) is 18.0 Å². The number of carbonyl (C=O) groups excluding carboxylic acids is 2. The minimum Gasteiger partial charge on any atom is -0.545 e. The predicted molar refractivity (Wildman–Crippen MR) is 111 cm³/mol. The zero-order valence-electron chi connectivity index (χ0n) is 16.2. The van der Waals surface area contributed by atoms with Gasteiger partial charge in [0.05, 0.1) is 12.2 Å². The number of anilines is 1. The van der Waals surface area contributed by atoms with Crippen LogP contribution in [0, 0.1) is 0 Å². The largest absolute Gasteiger partial charge is 0.545 e. The number of hydrogen-bond donors (Lipinski definition) is 1. The van der Waals surface area contributed by atoms with Crippen LogP contribution in [-0.4, -0.2) is 31.2 Å². The zero-order valence-corrected chi connectivity index (χ0v) is 16.2. The molecule has 7 nitrogen and oxygen atoms in total. The quantitative estimate of drug-likeness (QED) is 0.505. The van der Waals surface area contributed by atoms with E-state index >= 15 is 0 Å². The van der Waals surface area contributed by atoms with E-state index < -0.39 is 5.97 Å². The predicted octanol–water partition coefficient (Wildman–Crippen LogP) is 2.67. The molecule has 2 heterocycles. The Balaban J connectivity index is 1.35. The molecule has 3 aromatic rings. The first-order valence-electron chi connectivity index (χ1n) is 9.70. The number of carboxylic acids is 1. The lowest BCUT2D eigenvalue weighted by Crippen LogP contribution is -2.21. The zero-order chi connectivity index (χ0) is 20.9. The molecule has 0 saturated carbocycles. The van der Waals surface area contributed by atoms with Gasteiger partial charge in [-0.05, 0) is 54.8 Å². The molecule has 7 heteroatoms. The van der Waals surface area contributed by atoms with Gasteiger partial charge in [0.15, 0.2) is 0 Å². The molecule has 0 radical (unpaired) electrons. The van der Waals surface area contributed by atoms with Crippen LogP contribution in [0.1, 0.15) is 39.3 Å². The van der Waals surface area contributed by atoms with Crippen molar-refractivity contribution in [2.45, 2.75) is 12.8 Å². The number of furan rings is 1. The van der Waals surface area contributed by atoms with Gasteiger partial charge in [-0.2, -0.15) is 5.10 Å². The monoisotopic (exact) mass is 402 g/mol. The molecule has 1 amide bonds. The smallest absolute Gasteiger partial charge is 0.271 e. The Bertz CT molecular complexity index is 1060. The van der Waals surface area contributed by atoms with Gasteiger partial charge in [-0.1, -0.05) is 24.3 Å². The summed E-state index contributed by atoms with van der Waals surface area (Å²) < 4.78 is 5.66. The summed E-state index contributed by atoms with van der Waals surface area (Å²) in [6.07, 6.45) is 3.82. The van der Waals surface area contributed by atoms with E-state index in [0.717, 1.165) is 24.3 Å². The van der Waals surface area contributed by atoms with Crippen molar-refractivity contribution in [2.24, 2.45) is 5.10 Å². The molecular weight excluding hydrogens is 382 g/mol. The average molecular weight is 402 g/mol. The van der Waals surface area contributed by atoms with E-state index in [-0.39, 0.29) is 11.5 Å². The SMILES string of the molecule is O=C([O-])c1ccc(-c2ccc(/C=N\NC(=O)c3ccc(N4CCCC4)cc3)o2)cc1. The van der Waals surface area contributed by atoms with Gasteiger partial charge >= 0.3 is 0 Å². The molecule has 0 bridgehead atoms. The Hall–Kier alpha value is -3.87. The van der Waals surface area contributed by atoms with Gasteiger partial charge in [0.2, 0.25) is 0 Å². The van der Waals surface area contributed by atoms with Crippen LogP contribution in [0.3, 0.4) is 0 Å².